The number of ether oxygens (including phenoxy) is 1. The molecule has 2 aromatic heterocycles. The zero-order valence-electron chi connectivity index (χ0n) is 18.0. The van der Waals surface area contributed by atoms with Crippen LogP contribution < -0.4 is 4.74 Å². The van der Waals surface area contributed by atoms with Crippen LogP contribution in [-0.2, 0) is 7.05 Å². The maximum absolute atomic E-state index is 13.0. The molecular weight excluding hydrogens is 408 g/mol. The molecular formula is C24H24N4O2S. The van der Waals surface area contributed by atoms with Crippen molar-refractivity contribution in [3.63, 3.8) is 0 Å². The van der Waals surface area contributed by atoms with Crippen LogP contribution in [0.5, 0.6) is 5.75 Å². The average Bonchev–Trinajstić information content (AvgIpc) is 3.31. The Bertz CT molecular complexity index is 1210. The lowest BCUT2D eigenvalue weighted by molar-refractivity contribution is 0.102. The summed E-state index contributed by atoms with van der Waals surface area (Å²) < 4.78 is 9.26. The summed E-state index contributed by atoms with van der Waals surface area (Å²) in [6.45, 7) is 3.99. The third-order valence-electron chi connectivity index (χ3n) is 5.26. The standard InChI is InChI=1S/C24H24N4O2S/c1-16-14-21(17(2)28(16)19-10-12-20(30-4)13-11-19)22(29)15-31-24-26-25-23(27(24)3)18-8-6-5-7-9-18/h5-14H,15H2,1-4H3. The largest absolute Gasteiger partial charge is 0.497 e. The SMILES string of the molecule is COc1ccc(-n2c(C)cc(C(=O)CSc3nnc(-c4ccccc4)n3C)c2C)cc1. The molecule has 0 aliphatic carbocycles. The topological polar surface area (TPSA) is 61.9 Å². The van der Waals surface area contributed by atoms with E-state index in [4.69, 9.17) is 4.74 Å². The summed E-state index contributed by atoms with van der Waals surface area (Å²) in [6.07, 6.45) is 0. The number of Topliss-reactive ketones (excluding diaryl/α,β-unsaturated/α-hetero) is 1. The van der Waals surface area contributed by atoms with Crippen molar-refractivity contribution in [2.24, 2.45) is 7.05 Å². The van der Waals surface area contributed by atoms with Crippen LogP contribution in [0.3, 0.4) is 0 Å². The average molecular weight is 433 g/mol. The van der Waals surface area contributed by atoms with E-state index in [0.717, 1.165) is 44.9 Å². The molecule has 158 valence electrons. The van der Waals surface area contributed by atoms with Gasteiger partial charge < -0.3 is 13.9 Å². The first kappa shape index (κ1) is 20.9. The minimum Gasteiger partial charge on any atom is -0.497 e. The zero-order chi connectivity index (χ0) is 22.0. The number of thioether (sulfide) groups is 1. The van der Waals surface area contributed by atoms with E-state index in [1.165, 1.54) is 11.8 Å². The van der Waals surface area contributed by atoms with E-state index >= 15 is 0 Å². The van der Waals surface area contributed by atoms with Crippen LogP contribution in [0.25, 0.3) is 17.1 Å². The number of nitrogens with zero attached hydrogens (tertiary/aromatic N) is 4. The van der Waals surface area contributed by atoms with Crippen LogP contribution in [0.4, 0.5) is 0 Å². The Morgan fingerprint density at radius 1 is 1.03 bits per heavy atom. The quantitative estimate of drug-likeness (QED) is 0.308. The molecule has 4 aromatic rings. The van der Waals surface area contributed by atoms with E-state index in [2.05, 4.69) is 14.8 Å². The van der Waals surface area contributed by atoms with Crippen molar-refractivity contribution in [3.05, 3.63) is 77.6 Å². The van der Waals surface area contributed by atoms with Gasteiger partial charge in [-0.2, -0.15) is 0 Å². The number of hydrogen-bond acceptors (Lipinski definition) is 5. The predicted octanol–water partition coefficient (Wildman–Crippen LogP) is 4.87. The summed E-state index contributed by atoms with van der Waals surface area (Å²) in [5.74, 6) is 1.96. The number of aryl methyl sites for hydroxylation is 1. The van der Waals surface area contributed by atoms with Gasteiger partial charge in [-0.15, -0.1) is 10.2 Å². The third kappa shape index (κ3) is 4.14. The van der Waals surface area contributed by atoms with Gasteiger partial charge in [0, 0.05) is 35.2 Å². The summed E-state index contributed by atoms with van der Waals surface area (Å²) in [7, 11) is 3.57. The van der Waals surface area contributed by atoms with Gasteiger partial charge in [-0.3, -0.25) is 4.79 Å². The Balaban J connectivity index is 1.52. The lowest BCUT2D eigenvalue weighted by Gasteiger charge is -2.10. The first-order valence-corrected chi connectivity index (χ1v) is 10.9. The molecule has 31 heavy (non-hydrogen) atoms. The van der Waals surface area contributed by atoms with Crippen LogP contribution in [-0.4, -0.2) is 38.0 Å². The molecule has 0 fully saturated rings. The molecule has 2 heterocycles. The maximum atomic E-state index is 13.0. The Kier molecular flexibility index (Phi) is 5.95. The molecule has 6 nitrogen and oxygen atoms in total. The molecule has 4 rings (SSSR count). The highest BCUT2D eigenvalue weighted by Crippen LogP contribution is 2.26. The third-order valence-corrected chi connectivity index (χ3v) is 6.28. The Labute approximate surface area is 185 Å². The molecule has 0 aliphatic heterocycles. The molecule has 0 saturated heterocycles. The summed E-state index contributed by atoms with van der Waals surface area (Å²) in [5.41, 5.74) is 4.67. The molecule has 0 amide bonds. The van der Waals surface area contributed by atoms with Gasteiger partial charge in [-0.05, 0) is 44.2 Å². The Morgan fingerprint density at radius 3 is 2.42 bits per heavy atom. The summed E-state index contributed by atoms with van der Waals surface area (Å²) in [4.78, 5) is 13.0. The maximum Gasteiger partial charge on any atom is 0.191 e. The molecule has 0 N–H and O–H groups in total. The number of carbonyl (C=O) groups is 1. The second-order valence-electron chi connectivity index (χ2n) is 7.26. The minimum atomic E-state index is 0.0714. The van der Waals surface area contributed by atoms with Crippen molar-refractivity contribution < 1.29 is 9.53 Å². The summed E-state index contributed by atoms with van der Waals surface area (Å²) >= 11 is 1.40. The number of carbonyl (C=O) groups excluding carboxylic acids is 1. The predicted molar refractivity (Wildman–Crippen MR) is 123 cm³/mol. The second kappa shape index (κ2) is 8.81. The number of aromatic nitrogens is 4. The molecule has 0 atom stereocenters. The van der Waals surface area contributed by atoms with Gasteiger partial charge in [0.25, 0.3) is 0 Å². The van der Waals surface area contributed by atoms with Gasteiger partial charge in [0.1, 0.15) is 5.75 Å². The Morgan fingerprint density at radius 2 is 1.74 bits per heavy atom. The van der Waals surface area contributed by atoms with Gasteiger partial charge >= 0.3 is 0 Å². The van der Waals surface area contributed by atoms with Crippen molar-refractivity contribution in [1.82, 2.24) is 19.3 Å². The van der Waals surface area contributed by atoms with Crippen molar-refractivity contribution >= 4 is 17.5 Å². The van der Waals surface area contributed by atoms with E-state index in [1.807, 2.05) is 86.1 Å². The fourth-order valence-corrected chi connectivity index (χ4v) is 4.46. The molecule has 0 unspecified atom stereocenters. The van der Waals surface area contributed by atoms with Crippen molar-refractivity contribution in [1.29, 1.82) is 0 Å². The number of ketones is 1. The Hall–Kier alpha value is -3.32. The summed E-state index contributed by atoms with van der Waals surface area (Å²) in [6, 6.07) is 19.7. The van der Waals surface area contributed by atoms with Crippen molar-refractivity contribution in [2.75, 3.05) is 12.9 Å². The smallest absolute Gasteiger partial charge is 0.191 e. The lowest BCUT2D eigenvalue weighted by atomic mass is 10.2. The van der Waals surface area contributed by atoms with Crippen LogP contribution in [0.2, 0.25) is 0 Å². The second-order valence-corrected chi connectivity index (χ2v) is 8.20. The highest BCUT2D eigenvalue weighted by molar-refractivity contribution is 7.99. The van der Waals surface area contributed by atoms with Crippen molar-refractivity contribution in [2.45, 2.75) is 19.0 Å². The normalized spacial score (nSPS) is 11.0. The van der Waals surface area contributed by atoms with E-state index in [1.54, 1.807) is 7.11 Å². The minimum absolute atomic E-state index is 0.0714. The number of methoxy groups -OCH3 is 1. The van der Waals surface area contributed by atoms with E-state index in [-0.39, 0.29) is 5.78 Å². The number of rotatable bonds is 7. The first-order chi connectivity index (χ1) is 15.0. The highest BCUT2D eigenvalue weighted by atomic mass is 32.2. The molecule has 0 aliphatic rings. The fraction of sp³-hybridized carbons (Fsp3) is 0.208. The van der Waals surface area contributed by atoms with Gasteiger partial charge in [0.05, 0.1) is 12.9 Å². The van der Waals surface area contributed by atoms with E-state index in [0.29, 0.717) is 5.75 Å². The fourth-order valence-electron chi connectivity index (χ4n) is 3.66. The first-order valence-electron chi connectivity index (χ1n) is 9.93. The molecule has 0 spiro atoms. The molecule has 2 aromatic carbocycles. The molecule has 7 heteroatoms. The summed E-state index contributed by atoms with van der Waals surface area (Å²) in [5, 5.41) is 9.28. The molecule has 0 radical (unpaired) electrons. The monoisotopic (exact) mass is 432 g/mol. The van der Waals surface area contributed by atoms with Crippen molar-refractivity contribution in [3.8, 4) is 22.8 Å². The number of hydrogen-bond donors (Lipinski definition) is 0. The van der Waals surface area contributed by atoms with E-state index < -0.39 is 0 Å². The molecule has 0 bridgehead atoms. The van der Waals surface area contributed by atoms with Crippen LogP contribution in [0.15, 0.2) is 65.8 Å². The van der Waals surface area contributed by atoms with Crippen LogP contribution in [0.1, 0.15) is 21.7 Å². The lowest BCUT2D eigenvalue weighted by Crippen LogP contribution is -2.06. The van der Waals surface area contributed by atoms with E-state index in [9.17, 15) is 4.79 Å². The highest BCUT2D eigenvalue weighted by Gasteiger charge is 2.19. The zero-order valence-corrected chi connectivity index (χ0v) is 18.8. The van der Waals surface area contributed by atoms with Crippen LogP contribution >= 0.6 is 11.8 Å². The van der Waals surface area contributed by atoms with Gasteiger partial charge in [-0.1, -0.05) is 42.1 Å². The van der Waals surface area contributed by atoms with Gasteiger partial charge in [0.15, 0.2) is 16.8 Å². The molecule has 0 saturated carbocycles. The van der Waals surface area contributed by atoms with Gasteiger partial charge in [-0.25, -0.2) is 0 Å². The number of benzene rings is 2. The van der Waals surface area contributed by atoms with Gasteiger partial charge in [0.2, 0.25) is 0 Å². The van der Waals surface area contributed by atoms with Crippen LogP contribution in [0, 0.1) is 13.8 Å².